The molecule has 0 aliphatic heterocycles. The molecule has 0 fully saturated rings. The summed E-state index contributed by atoms with van der Waals surface area (Å²) in [5.41, 5.74) is 1.95. The molecule has 0 aliphatic rings. The van der Waals surface area contributed by atoms with Gasteiger partial charge in [0, 0.05) is 12.2 Å². The van der Waals surface area contributed by atoms with Gasteiger partial charge in [0.05, 0.1) is 13.3 Å². The van der Waals surface area contributed by atoms with Crippen LogP contribution in [0.5, 0.6) is 0 Å². The Morgan fingerprint density at radius 1 is 1.30 bits per heavy atom. The minimum absolute atomic E-state index is 0.0434. The summed E-state index contributed by atoms with van der Waals surface area (Å²) in [6.07, 6.45) is 0. The summed E-state index contributed by atoms with van der Waals surface area (Å²) in [6.45, 7) is 6.72. The van der Waals surface area contributed by atoms with Gasteiger partial charge in [-0.1, -0.05) is 26.0 Å². The van der Waals surface area contributed by atoms with E-state index in [1.54, 1.807) is 6.92 Å². The molecule has 5 heteroatoms. The van der Waals surface area contributed by atoms with E-state index in [0.29, 0.717) is 13.2 Å². The lowest BCUT2D eigenvalue weighted by Crippen LogP contribution is -2.36. The molecule has 0 radical (unpaired) electrons. The van der Waals surface area contributed by atoms with Gasteiger partial charge in [0.25, 0.3) is 0 Å². The summed E-state index contributed by atoms with van der Waals surface area (Å²) in [7, 11) is 0. The number of anilines is 1. The second kappa shape index (κ2) is 8.55. The Balaban J connectivity index is 2.66. The van der Waals surface area contributed by atoms with Crippen LogP contribution in [0.4, 0.5) is 5.69 Å². The van der Waals surface area contributed by atoms with Crippen LogP contribution >= 0.6 is 0 Å². The molecule has 0 aliphatic carbocycles. The molecule has 0 saturated heterocycles. The van der Waals surface area contributed by atoms with Crippen LogP contribution in [0.15, 0.2) is 24.3 Å². The van der Waals surface area contributed by atoms with Crippen LogP contribution in [0.2, 0.25) is 0 Å². The smallest absolute Gasteiger partial charge is 0.328 e. The maximum absolute atomic E-state index is 11.9. The first kappa shape index (κ1) is 16.5. The number of nitrogens with one attached hydrogen (secondary N) is 2. The van der Waals surface area contributed by atoms with E-state index in [1.807, 2.05) is 38.1 Å². The van der Waals surface area contributed by atoms with Crippen molar-refractivity contribution >= 4 is 11.7 Å². The molecule has 1 rings (SSSR count). The number of carbonyl (C=O) groups is 1. The van der Waals surface area contributed by atoms with Crippen LogP contribution in [0, 0.1) is 5.92 Å². The lowest BCUT2D eigenvalue weighted by Gasteiger charge is -2.21. The standard InChI is InChI=1S/C15H24N2O3/c1-4-20-15(19)14(11(2)3)17-13-7-5-12(6-8-13)9-16-10-18/h5-8,11,14,16-18H,4,9-10H2,1-3H3/t14-/m0/s1. The van der Waals surface area contributed by atoms with E-state index in [2.05, 4.69) is 10.6 Å². The average Bonchev–Trinajstić information content (AvgIpc) is 2.43. The molecule has 3 N–H and O–H groups in total. The third-order valence-electron chi connectivity index (χ3n) is 2.92. The molecule has 0 heterocycles. The number of hydrogen-bond donors (Lipinski definition) is 3. The first-order valence-electron chi connectivity index (χ1n) is 6.92. The summed E-state index contributed by atoms with van der Waals surface area (Å²) in [6, 6.07) is 7.39. The van der Waals surface area contributed by atoms with Gasteiger partial charge < -0.3 is 15.2 Å². The number of benzene rings is 1. The first-order valence-corrected chi connectivity index (χ1v) is 6.92. The predicted molar refractivity (Wildman–Crippen MR) is 79.2 cm³/mol. The summed E-state index contributed by atoms with van der Waals surface area (Å²) >= 11 is 0. The van der Waals surface area contributed by atoms with Gasteiger partial charge in [0.15, 0.2) is 0 Å². The van der Waals surface area contributed by atoms with Crippen molar-refractivity contribution in [2.45, 2.75) is 33.4 Å². The highest BCUT2D eigenvalue weighted by Crippen LogP contribution is 2.15. The SMILES string of the molecule is CCOC(=O)[C@@H](Nc1ccc(CNCO)cc1)C(C)C. The Morgan fingerprint density at radius 2 is 1.95 bits per heavy atom. The van der Waals surface area contributed by atoms with Gasteiger partial charge in [-0.2, -0.15) is 0 Å². The van der Waals surface area contributed by atoms with Gasteiger partial charge in [0.2, 0.25) is 0 Å². The lowest BCUT2D eigenvalue weighted by molar-refractivity contribution is -0.145. The molecular formula is C15H24N2O3. The zero-order chi connectivity index (χ0) is 15.0. The fourth-order valence-corrected chi connectivity index (χ4v) is 1.83. The lowest BCUT2D eigenvalue weighted by atomic mass is 10.0. The van der Waals surface area contributed by atoms with E-state index < -0.39 is 0 Å². The van der Waals surface area contributed by atoms with Gasteiger partial charge in [-0.05, 0) is 30.5 Å². The second-order valence-electron chi connectivity index (χ2n) is 4.90. The molecule has 1 aromatic carbocycles. The first-order chi connectivity index (χ1) is 9.58. The van der Waals surface area contributed by atoms with Crippen LogP contribution in [0.3, 0.4) is 0 Å². The third kappa shape index (κ3) is 5.19. The normalized spacial score (nSPS) is 12.2. The van der Waals surface area contributed by atoms with Gasteiger partial charge >= 0.3 is 5.97 Å². The fraction of sp³-hybridized carbons (Fsp3) is 0.533. The van der Waals surface area contributed by atoms with Gasteiger partial charge in [0.1, 0.15) is 6.04 Å². The second-order valence-corrected chi connectivity index (χ2v) is 4.90. The third-order valence-corrected chi connectivity index (χ3v) is 2.92. The van der Waals surface area contributed by atoms with Crippen LogP contribution < -0.4 is 10.6 Å². The van der Waals surface area contributed by atoms with Crippen LogP contribution in [-0.2, 0) is 16.1 Å². The zero-order valence-electron chi connectivity index (χ0n) is 12.3. The van der Waals surface area contributed by atoms with Crippen molar-refractivity contribution in [3.8, 4) is 0 Å². The Labute approximate surface area is 120 Å². The van der Waals surface area contributed by atoms with E-state index in [1.165, 1.54) is 0 Å². The molecule has 0 spiro atoms. The molecular weight excluding hydrogens is 256 g/mol. The number of aliphatic hydroxyl groups is 1. The maximum Gasteiger partial charge on any atom is 0.328 e. The highest BCUT2D eigenvalue weighted by molar-refractivity contribution is 5.79. The Kier molecular flexibility index (Phi) is 7.04. The molecule has 5 nitrogen and oxygen atoms in total. The molecule has 1 atom stereocenters. The summed E-state index contributed by atoms with van der Waals surface area (Å²) < 4.78 is 5.08. The van der Waals surface area contributed by atoms with E-state index in [0.717, 1.165) is 11.3 Å². The molecule has 112 valence electrons. The molecule has 0 aromatic heterocycles. The highest BCUT2D eigenvalue weighted by Gasteiger charge is 2.23. The minimum atomic E-state index is -0.351. The average molecular weight is 280 g/mol. The largest absolute Gasteiger partial charge is 0.464 e. The summed E-state index contributed by atoms with van der Waals surface area (Å²) in [4.78, 5) is 11.9. The van der Waals surface area contributed by atoms with Crippen LogP contribution in [0.25, 0.3) is 0 Å². The summed E-state index contributed by atoms with van der Waals surface area (Å²) in [5, 5.41) is 14.7. The molecule has 0 saturated carbocycles. The summed E-state index contributed by atoms with van der Waals surface area (Å²) in [5.74, 6) is -0.0849. The molecule has 1 aromatic rings. The number of esters is 1. The Bertz CT molecular complexity index is 404. The Morgan fingerprint density at radius 3 is 2.45 bits per heavy atom. The van der Waals surface area contributed by atoms with E-state index >= 15 is 0 Å². The van der Waals surface area contributed by atoms with Gasteiger partial charge in [-0.15, -0.1) is 0 Å². The minimum Gasteiger partial charge on any atom is -0.464 e. The van der Waals surface area contributed by atoms with Gasteiger partial charge in [-0.3, -0.25) is 5.32 Å². The van der Waals surface area contributed by atoms with Crippen molar-refractivity contribution in [3.05, 3.63) is 29.8 Å². The van der Waals surface area contributed by atoms with Crippen molar-refractivity contribution in [2.24, 2.45) is 5.92 Å². The number of carbonyl (C=O) groups excluding carboxylic acids is 1. The maximum atomic E-state index is 11.9. The van der Waals surface area contributed by atoms with Crippen molar-refractivity contribution in [3.63, 3.8) is 0 Å². The molecule has 0 unspecified atom stereocenters. The van der Waals surface area contributed by atoms with Crippen molar-refractivity contribution in [2.75, 3.05) is 18.7 Å². The van der Waals surface area contributed by atoms with E-state index in [-0.39, 0.29) is 24.7 Å². The Hall–Kier alpha value is -1.59. The topological polar surface area (TPSA) is 70.6 Å². The highest BCUT2D eigenvalue weighted by atomic mass is 16.5. The van der Waals surface area contributed by atoms with E-state index in [4.69, 9.17) is 9.84 Å². The predicted octanol–water partition coefficient (Wildman–Crippen LogP) is 1.73. The van der Waals surface area contributed by atoms with Gasteiger partial charge in [-0.25, -0.2) is 4.79 Å². The monoisotopic (exact) mass is 280 g/mol. The van der Waals surface area contributed by atoms with Crippen molar-refractivity contribution in [1.82, 2.24) is 5.32 Å². The van der Waals surface area contributed by atoms with Crippen LogP contribution in [0.1, 0.15) is 26.3 Å². The van der Waals surface area contributed by atoms with Crippen molar-refractivity contribution < 1.29 is 14.6 Å². The quantitative estimate of drug-likeness (QED) is 0.500. The number of hydrogen-bond acceptors (Lipinski definition) is 5. The molecule has 20 heavy (non-hydrogen) atoms. The van der Waals surface area contributed by atoms with E-state index in [9.17, 15) is 4.79 Å². The number of ether oxygens (including phenoxy) is 1. The van der Waals surface area contributed by atoms with Crippen LogP contribution in [-0.4, -0.2) is 30.5 Å². The van der Waals surface area contributed by atoms with Crippen molar-refractivity contribution in [1.29, 1.82) is 0 Å². The fourth-order valence-electron chi connectivity index (χ4n) is 1.83. The molecule has 0 bridgehead atoms. The number of rotatable bonds is 8. The number of aliphatic hydroxyl groups excluding tert-OH is 1. The molecule has 0 amide bonds. The zero-order valence-corrected chi connectivity index (χ0v) is 12.3.